The number of methoxy groups -OCH3 is 1. The fourth-order valence-corrected chi connectivity index (χ4v) is 3.21. The summed E-state index contributed by atoms with van der Waals surface area (Å²) in [5.41, 5.74) is 4.37. The first-order chi connectivity index (χ1) is 14.6. The molecule has 0 fully saturated rings. The summed E-state index contributed by atoms with van der Waals surface area (Å²) in [6.07, 6.45) is 1.53. The predicted octanol–water partition coefficient (Wildman–Crippen LogP) is 5.20. The third-order valence-electron chi connectivity index (χ3n) is 4.80. The fourth-order valence-electron chi connectivity index (χ4n) is 3.21. The van der Waals surface area contributed by atoms with Crippen molar-refractivity contribution in [2.75, 3.05) is 17.7 Å². The van der Waals surface area contributed by atoms with E-state index in [0.29, 0.717) is 17.9 Å². The van der Waals surface area contributed by atoms with Gasteiger partial charge in [-0.2, -0.15) is 0 Å². The van der Waals surface area contributed by atoms with E-state index in [1.807, 2.05) is 54.6 Å². The summed E-state index contributed by atoms with van der Waals surface area (Å²) in [5, 5.41) is 7.64. The van der Waals surface area contributed by atoms with Crippen molar-refractivity contribution in [3.8, 4) is 5.75 Å². The minimum Gasteiger partial charge on any atom is -0.497 e. The highest BCUT2D eigenvalue weighted by molar-refractivity contribution is 5.96. The summed E-state index contributed by atoms with van der Waals surface area (Å²) in [7, 11) is 1.66. The van der Waals surface area contributed by atoms with Crippen LogP contribution in [0.5, 0.6) is 5.75 Å². The molecule has 30 heavy (non-hydrogen) atoms. The summed E-state index contributed by atoms with van der Waals surface area (Å²) in [6.45, 7) is 2.22. The minimum absolute atomic E-state index is 0.0234. The quantitative estimate of drug-likeness (QED) is 0.417. The highest BCUT2D eigenvalue weighted by Crippen LogP contribution is 2.26. The van der Waals surface area contributed by atoms with E-state index in [2.05, 4.69) is 26.7 Å². The van der Waals surface area contributed by atoms with Crippen molar-refractivity contribution in [1.82, 2.24) is 9.97 Å². The first-order valence-electron chi connectivity index (χ1n) is 9.62. The lowest BCUT2D eigenvalue weighted by atomic mass is 10.1. The smallest absolute Gasteiger partial charge is 0.159 e. The number of fused-ring (bicyclic) bond motifs is 1. The van der Waals surface area contributed by atoms with E-state index in [-0.39, 0.29) is 5.78 Å². The van der Waals surface area contributed by atoms with E-state index >= 15 is 0 Å². The van der Waals surface area contributed by atoms with Crippen molar-refractivity contribution in [1.29, 1.82) is 0 Å². The summed E-state index contributed by atoms with van der Waals surface area (Å²) >= 11 is 0. The number of hydrogen-bond acceptors (Lipinski definition) is 6. The lowest BCUT2D eigenvalue weighted by molar-refractivity contribution is 0.101. The number of nitrogens with one attached hydrogen (secondary N) is 2. The number of ether oxygens (including phenoxy) is 1. The van der Waals surface area contributed by atoms with Crippen LogP contribution in [0.15, 0.2) is 73.1 Å². The molecular formula is C24H22N4O2. The lowest BCUT2D eigenvalue weighted by Gasteiger charge is -2.12. The van der Waals surface area contributed by atoms with Gasteiger partial charge in [0, 0.05) is 28.9 Å². The lowest BCUT2D eigenvalue weighted by Crippen LogP contribution is -2.01. The molecule has 2 N–H and O–H groups in total. The van der Waals surface area contributed by atoms with E-state index in [0.717, 1.165) is 33.6 Å². The molecule has 0 aliphatic carbocycles. The van der Waals surface area contributed by atoms with Gasteiger partial charge in [0.15, 0.2) is 5.78 Å². The average molecular weight is 398 g/mol. The third-order valence-corrected chi connectivity index (χ3v) is 4.80. The molecule has 0 aliphatic rings. The first-order valence-corrected chi connectivity index (χ1v) is 9.62. The maximum atomic E-state index is 11.7. The summed E-state index contributed by atoms with van der Waals surface area (Å²) in [6, 6.07) is 21.3. The van der Waals surface area contributed by atoms with Gasteiger partial charge < -0.3 is 15.4 Å². The summed E-state index contributed by atoms with van der Waals surface area (Å²) in [5.74, 6) is 1.54. The monoisotopic (exact) mass is 398 g/mol. The Kier molecular flexibility index (Phi) is 5.57. The maximum Gasteiger partial charge on any atom is 0.159 e. The van der Waals surface area contributed by atoms with Crippen LogP contribution < -0.4 is 15.4 Å². The molecule has 0 bridgehead atoms. The summed E-state index contributed by atoms with van der Waals surface area (Å²) < 4.78 is 5.29. The van der Waals surface area contributed by atoms with Crippen molar-refractivity contribution in [3.63, 3.8) is 0 Å². The second-order valence-corrected chi connectivity index (χ2v) is 6.92. The molecule has 1 heterocycles. The SMILES string of the molecule is COc1cccc(CNc2ccc3ncnc(Nc4cccc(C(C)=O)c4)c3c2)c1. The Labute approximate surface area is 175 Å². The van der Waals surface area contributed by atoms with Crippen molar-refractivity contribution in [2.45, 2.75) is 13.5 Å². The molecule has 150 valence electrons. The maximum absolute atomic E-state index is 11.7. The number of carbonyl (C=O) groups excluding carboxylic acids is 1. The number of hydrogen-bond donors (Lipinski definition) is 2. The molecule has 0 radical (unpaired) electrons. The molecule has 0 unspecified atom stereocenters. The van der Waals surface area contributed by atoms with E-state index in [4.69, 9.17) is 4.74 Å². The van der Waals surface area contributed by atoms with Gasteiger partial charge in [0.25, 0.3) is 0 Å². The van der Waals surface area contributed by atoms with Gasteiger partial charge in [-0.25, -0.2) is 9.97 Å². The van der Waals surface area contributed by atoms with Crippen molar-refractivity contribution in [3.05, 3.63) is 84.2 Å². The normalized spacial score (nSPS) is 10.6. The molecule has 1 aromatic heterocycles. The number of ketones is 1. The average Bonchev–Trinajstić information content (AvgIpc) is 2.78. The Morgan fingerprint density at radius 1 is 0.967 bits per heavy atom. The van der Waals surface area contributed by atoms with Crippen LogP contribution in [-0.4, -0.2) is 22.9 Å². The first kappa shape index (κ1) is 19.4. The van der Waals surface area contributed by atoms with Crippen LogP contribution in [0.1, 0.15) is 22.8 Å². The van der Waals surface area contributed by atoms with Crippen LogP contribution in [0.2, 0.25) is 0 Å². The van der Waals surface area contributed by atoms with Crippen LogP contribution in [0.4, 0.5) is 17.2 Å². The fraction of sp³-hybridized carbons (Fsp3) is 0.125. The Balaban J connectivity index is 1.59. The van der Waals surface area contributed by atoms with Crippen molar-refractivity contribution < 1.29 is 9.53 Å². The molecule has 3 aromatic carbocycles. The molecule has 0 saturated heterocycles. The zero-order valence-corrected chi connectivity index (χ0v) is 16.8. The highest BCUT2D eigenvalue weighted by Gasteiger charge is 2.07. The van der Waals surface area contributed by atoms with Crippen LogP contribution >= 0.6 is 0 Å². The van der Waals surface area contributed by atoms with E-state index in [1.54, 1.807) is 20.1 Å². The Morgan fingerprint density at radius 2 is 1.83 bits per heavy atom. The molecule has 6 nitrogen and oxygen atoms in total. The predicted molar refractivity (Wildman–Crippen MR) is 120 cm³/mol. The topological polar surface area (TPSA) is 76.1 Å². The number of aromatic nitrogens is 2. The minimum atomic E-state index is 0.0234. The zero-order chi connectivity index (χ0) is 20.9. The molecule has 0 atom stereocenters. The van der Waals surface area contributed by atoms with Gasteiger partial charge in [-0.05, 0) is 55.0 Å². The van der Waals surface area contributed by atoms with Gasteiger partial charge in [0.1, 0.15) is 17.9 Å². The van der Waals surface area contributed by atoms with Gasteiger partial charge >= 0.3 is 0 Å². The van der Waals surface area contributed by atoms with Gasteiger partial charge in [-0.15, -0.1) is 0 Å². The van der Waals surface area contributed by atoms with E-state index in [1.165, 1.54) is 6.33 Å². The van der Waals surface area contributed by atoms with Gasteiger partial charge in [-0.3, -0.25) is 4.79 Å². The van der Waals surface area contributed by atoms with Gasteiger partial charge in [-0.1, -0.05) is 24.3 Å². The molecule has 4 rings (SSSR count). The molecule has 0 spiro atoms. The second kappa shape index (κ2) is 8.61. The van der Waals surface area contributed by atoms with Crippen LogP contribution in [0, 0.1) is 0 Å². The summed E-state index contributed by atoms with van der Waals surface area (Å²) in [4.78, 5) is 20.4. The second-order valence-electron chi connectivity index (χ2n) is 6.92. The van der Waals surface area contributed by atoms with E-state index < -0.39 is 0 Å². The number of benzene rings is 3. The number of anilines is 3. The van der Waals surface area contributed by atoms with Crippen molar-refractivity contribution in [2.24, 2.45) is 0 Å². The van der Waals surface area contributed by atoms with Crippen LogP contribution in [0.3, 0.4) is 0 Å². The molecule has 0 aliphatic heterocycles. The highest BCUT2D eigenvalue weighted by atomic mass is 16.5. The molecule has 4 aromatic rings. The Morgan fingerprint density at radius 3 is 2.67 bits per heavy atom. The largest absolute Gasteiger partial charge is 0.497 e. The number of nitrogens with zero attached hydrogens (tertiary/aromatic N) is 2. The molecule has 0 saturated carbocycles. The Hall–Kier alpha value is -3.93. The standard InChI is InChI=1S/C24H22N4O2/c1-16(29)18-6-4-7-20(12-18)28-24-22-13-19(9-10-23(22)26-15-27-24)25-14-17-5-3-8-21(11-17)30-2/h3-13,15,25H,14H2,1-2H3,(H,26,27,28). The Bertz CT molecular complexity index is 1210. The third kappa shape index (κ3) is 4.38. The van der Waals surface area contributed by atoms with Crippen molar-refractivity contribution >= 4 is 33.9 Å². The number of rotatable bonds is 7. The molecule has 6 heteroatoms. The number of carbonyl (C=O) groups is 1. The van der Waals surface area contributed by atoms with Crippen LogP contribution in [0.25, 0.3) is 10.9 Å². The zero-order valence-electron chi connectivity index (χ0n) is 16.8. The van der Waals surface area contributed by atoms with Gasteiger partial charge in [0.05, 0.1) is 12.6 Å². The molecule has 0 amide bonds. The molecular weight excluding hydrogens is 376 g/mol. The van der Waals surface area contributed by atoms with Crippen LogP contribution in [-0.2, 0) is 6.54 Å². The number of Topliss-reactive ketones (excluding diaryl/α,β-unsaturated/α-hetero) is 1. The van der Waals surface area contributed by atoms with Gasteiger partial charge in [0.2, 0.25) is 0 Å². The van der Waals surface area contributed by atoms with E-state index in [9.17, 15) is 4.79 Å².